The zero-order valence-corrected chi connectivity index (χ0v) is 16.1. The maximum absolute atomic E-state index is 12.2. The molecule has 144 valence electrons. The molecule has 6 nitrogen and oxygen atoms in total. The van der Waals surface area contributed by atoms with Crippen LogP contribution in [-0.4, -0.2) is 50.6 Å². The quantitative estimate of drug-likeness (QED) is 0.707. The van der Waals surface area contributed by atoms with Crippen molar-refractivity contribution in [1.82, 2.24) is 4.90 Å². The summed E-state index contributed by atoms with van der Waals surface area (Å²) in [4.78, 5) is 25.9. The molecule has 0 aliphatic carbocycles. The molecule has 0 aromatic heterocycles. The van der Waals surface area contributed by atoms with Crippen LogP contribution in [0.5, 0.6) is 0 Å². The number of rotatable bonds is 6. The number of carbonyl (C=O) groups is 2. The largest absolute Gasteiger partial charge is 0.456 e. The SMILES string of the molecule is Cc1ccc(S(=O)(=O)CCC(=O)OCC(=O)N2CCCCCCC2)cc1. The van der Waals surface area contributed by atoms with Crippen molar-refractivity contribution in [3.63, 3.8) is 0 Å². The molecular formula is C19H27NO5S. The van der Waals surface area contributed by atoms with Gasteiger partial charge in [0.1, 0.15) is 0 Å². The second-order valence-electron chi connectivity index (χ2n) is 6.69. The number of benzene rings is 1. The number of ether oxygens (including phenoxy) is 1. The topological polar surface area (TPSA) is 80.7 Å². The number of nitrogens with zero attached hydrogens (tertiary/aromatic N) is 1. The maximum atomic E-state index is 12.2. The van der Waals surface area contributed by atoms with Gasteiger partial charge in [-0.25, -0.2) is 8.42 Å². The van der Waals surface area contributed by atoms with E-state index in [4.69, 9.17) is 4.74 Å². The molecule has 0 atom stereocenters. The second-order valence-corrected chi connectivity index (χ2v) is 8.80. The van der Waals surface area contributed by atoms with Crippen molar-refractivity contribution in [3.05, 3.63) is 29.8 Å². The van der Waals surface area contributed by atoms with Crippen LogP contribution in [0.4, 0.5) is 0 Å². The molecule has 1 saturated heterocycles. The van der Waals surface area contributed by atoms with Gasteiger partial charge in [0, 0.05) is 13.1 Å². The molecule has 1 amide bonds. The average Bonchev–Trinajstić information content (AvgIpc) is 2.58. The zero-order valence-electron chi connectivity index (χ0n) is 15.3. The fourth-order valence-electron chi connectivity index (χ4n) is 2.88. The van der Waals surface area contributed by atoms with Crippen molar-refractivity contribution in [3.8, 4) is 0 Å². The van der Waals surface area contributed by atoms with Gasteiger partial charge >= 0.3 is 5.97 Å². The lowest BCUT2D eigenvalue weighted by molar-refractivity contribution is -0.151. The molecule has 7 heteroatoms. The molecule has 1 aliphatic rings. The van der Waals surface area contributed by atoms with Gasteiger partial charge < -0.3 is 9.64 Å². The third-order valence-corrected chi connectivity index (χ3v) is 6.25. The van der Waals surface area contributed by atoms with Gasteiger partial charge in [0.2, 0.25) is 0 Å². The average molecular weight is 381 g/mol. The van der Waals surface area contributed by atoms with E-state index in [0.717, 1.165) is 31.2 Å². The summed E-state index contributed by atoms with van der Waals surface area (Å²) in [5.74, 6) is -1.20. The van der Waals surface area contributed by atoms with Gasteiger partial charge in [-0.3, -0.25) is 9.59 Å². The first-order valence-electron chi connectivity index (χ1n) is 9.11. The highest BCUT2D eigenvalue weighted by molar-refractivity contribution is 7.91. The van der Waals surface area contributed by atoms with Crippen LogP contribution in [0.3, 0.4) is 0 Å². The molecule has 0 spiro atoms. The summed E-state index contributed by atoms with van der Waals surface area (Å²) < 4.78 is 29.4. The van der Waals surface area contributed by atoms with Crippen molar-refractivity contribution < 1.29 is 22.7 Å². The minimum absolute atomic E-state index is 0.188. The predicted octanol–water partition coefficient (Wildman–Crippen LogP) is 2.49. The molecule has 1 aliphatic heterocycles. The van der Waals surface area contributed by atoms with E-state index < -0.39 is 15.8 Å². The highest BCUT2D eigenvalue weighted by atomic mass is 32.2. The Kier molecular flexibility index (Phi) is 7.63. The number of sulfone groups is 1. The molecule has 0 bridgehead atoms. The first-order valence-corrected chi connectivity index (χ1v) is 10.8. The number of hydrogen-bond donors (Lipinski definition) is 0. The number of likely N-dealkylation sites (tertiary alicyclic amines) is 1. The second kappa shape index (κ2) is 9.71. The summed E-state index contributed by atoms with van der Waals surface area (Å²) in [6.45, 7) is 2.94. The van der Waals surface area contributed by atoms with Crippen molar-refractivity contribution in [1.29, 1.82) is 0 Å². The Bertz CT molecular complexity index is 704. The summed E-state index contributed by atoms with van der Waals surface area (Å²) >= 11 is 0. The van der Waals surface area contributed by atoms with Crippen LogP contribution in [0.2, 0.25) is 0 Å². The van der Waals surface area contributed by atoms with Crippen LogP contribution in [0.1, 0.15) is 44.1 Å². The number of esters is 1. The van der Waals surface area contributed by atoms with Crippen LogP contribution < -0.4 is 0 Å². The Morgan fingerprint density at radius 2 is 1.58 bits per heavy atom. The first-order chi connectivity index (χ1) is 12.4. The Balaban J connectivity index is 1.77. The molecule has 0 radical (unpaired) electrons. The summed E-state index contributed by atoms with van der Waals surface area (Å²) in [5.41, 5.74) is 0.964. The van der Waals surface area contributed by atoms with E-state index in [1.807, 2.05) is 6.92 Å². The van der Waals surface area contributed by atoms with E-state index in [-0.39, 0.29) is 29.6 Å². The van der Waals surface area contributed by atoms with Gasteiger partial charge in [-0.2, -0.15) is 0 Å². The first kappa shape index (κ1) is 20.4. The molecule has 1 aromatic carbocycles. The normalized spacial score (nSPS) is 15.8. The summed E-state index contributed by atoms with van der Waals surface area (Å²) in [6.07, 6.45) is 5.10. The van der Waals surface area contributed by atoms with E-state index in [1.165, 1.54) is 18.6 Å². The van der Waals surface area contributed by atoms with E-state index >= 15 is 0 Å². The lowest BCUT2D eigenvalue weighted by Gasteiger charge is -2.24. The van der Waals surface area contributed by atoms with Crippen LogP contribution in [-0.2, 0) is 24.2 Å². The summed E-state index contributed by atoms with van der Waals surface area (Å²) in [5, 5.41) is 0. The van der Waals surface area contributed by atoms with Gasteiger partial charge in [0.05, 0.1) is 17.1 Å². The number of amides is 1. The smallest absolute Gasteiger partial charge is 0.307 e. The standard InChI is InChI=1S/C19H27NO5S/c1-16-7-9-17(10-8-16)26(23,24)14-11-19(22)25-15-18(21)20-12-5-3-2-4-6-13-20/h7-10H,2-6,11-15H2,1H3. The van der Waals surface area contributed by atoms with Crippen molar-refractivity contribution >= 4 is 21.7 Å². The van der Waals surface area contributed by atoms with Crippen molar-refractivity contribution in [2.24, 2.45) is 0 Å². The van der Waals surface area contributed by atoms with E-state index in [2.05, 4.69) is 0 Å². The third-order valence-electron chi connectivity index (χ3n) is 4.52. The number of aryl methyl sites for hydroxylation is 1. The minimum Gasteiger partial charge on any atom is -0.456 e. The molecule has 26 heavy (non-hydrogen) atoms. The Morgan fingerprint density at radius 3 is 2.19 bits per heavy atom. The fourth-order valence-corrected chi connectivity index (χ4v) is 4.11. The highest BCUT2D eigenvalue weighted by Crippen LogP contribution is 2.14. The monoisotopic (exact) mass is 381 g/mol. The Morgan fingerprint density at radius 1 is 1.00 bits per heavy atom. The highest BCUT2D eigenvalue weighted by Gasteiger charge is 2.19. The van der Waals surface area contributed by atoms with Gasteiger partial charge in [-0.05, 0) is 31.9 Å². The Labute approximate surface area is 155 Å². The minimum atomic E-state index is -3.54. The molecule has 0 saturated carbocycles. The molecular weight excluding hydrogens is 354 g/mol. The van der Waals surface area contributed by atoms with E-state index in [9.17, 15) is 18.0 Å². The predicted molar refractivity (Wildman–Crippen MR) is 98.5 cm³/mol. The Hall–Kier alpha value is -1.89. The molecule has 0 N–H and O–H groups in total. The molecule has 0 unspecified atom stereocenters. The molecule has 1 heterocycles. The van der Waals surface area contributed by atoms with Gasteiger partial charge in [0.25, 0.3) is 5.91 Å². The molecule has 2 rings (SSSR count). The molecule has 1 fully saturated rings. The van der Waals surface area contributed by atoms with Crippen LogP contribution in [0, 0.1) is 6.92 Å². The van der Waals surface area contributed by atoms with E-state index in [0.29, 0.717) is 13.1 Å². The van der Waals surface area contributed by atoms with Crippen LogP contribution >= 0.6 is 0 Å². The van der Waals surface area contributed by atoms with Crippen LogP contribution in [0.25, 0.3) is 0 Å². The van der Waals surface area contributed by atoms with Gasteiger partial charge in [0.15, 0.2) is 16.4 Å². The summed E-state index contributed by atoms with van der Waals surface area (Å²) in [7, 11) is -3.54. The van der Waals surface area contributed by atoms with Crippen molar-refractivity contribution in [2.75, 3.05) is 25.4 Å². The lowest BCUT2D eigenvalue weighted by Crippen LogP contribution is -2.37. The third kappa shape index (κ3) is 6.44. The van der Waals surface area contributed by atoms with Crippen molar-refractivity contribution in [2.45, 2.75) is 50.3 Å². The number of carbonyl (C=O) groups excluding carboxylic acids is 2. The zero-order chi connectivity index (χ0) is 19.0. The molecule has 1 aromatic rings. The maximum Gasteiger partial charge on any atom is 0.307 e. The summed E-state index contributed by atoms with van der Waals surface area (Å²) in [6, 6.07) is 6.49. The van der Waals surface area contributed by atoms with Gasteiger partial charge in [-0.1, -0.05) is 37.0 Å². The van der Waals surface area contributed by atoms with Crippen LogP contribution in [0.15, 0.2) is 29.2 Å². The lowest BCUT2D eigenvalue weighted by atomic mass is 10.1. The number of hydrogen-bond acceptors (Lipinski definition) is 5. The fraction of sp³-hybridized carbons (Fsp3) is 0.579. The van der Waals surface area contributed by atoms with Gasteiger partial charge in [-0.15, -0.1) is 0 Å². The van der Waals surface area contributed by atoms with E-state index in [1.54, 1.807) is 17.0 Å².